The van der Waals surface area contributed by atoms with Crippen LogP contribution < -0.4 is 4.90 Å². The highest BCUT2D eigenvalue weighted by atomic mass is 79.9. The van der Waals surface area contributed by atoms with Gasteiger partial charge >= 0.3 is 0 Å². The highest BCUT2D eigenvalue weighted by Crippen LogP contribution is 2.31. The summed E-state index contributed by atoms with van der Waals surface area (Å²) in [5, 5.41) is 12.0. The topological polar surface area (TPSA) is 23.5 Å². The number of benzene rings is 1. The molecular formula is C14H15Br2NOS. The van der Waals surface area contributed by atoms with Crippen molar-refractivity contribution >= 4 is 48.9 Å². The molecule has 0 aliphatic carbocycles. The monoisotopic (exact) mass is 403 g/mol. The van der Waals surface area contributed by atoms with Gasteiger partial charge in [0.1, 0.15) is 0 Å². The maximum atomic E-state index is 9.87. The Kier molecular flexibility index (Phi) is 5.06. The zero-order valence-electron chi connectivity index (χ0n) is 10.7. The molecule has 1 aromatic heterocycles. The molecule has 0 spiro atoms. The standard InChI is InChI=1S/C14H15Br2NOS/c1-9(18)13-4-3-10(15)6-14(13)17(2)7-12-5-11(16)8-19-12/h3-6,8-9,18H,7H2,1-2H3. The molecule has 1 unspecified atom stereocenters. The van der Waals surface area contributed by atoms with E-state index in [2.05, 4.69) is 48.2 Å². The number of aliphatic hydroxyl groups is 1. The van der Waals surface area contributed by atoms with Gasteiger partial charge in [-0.2, -0.15) is 0 Å². The smallest absolute Gasteiger partial charge is 0.0782 e. The second-order valence-corrected chi connectivity index (χ2v) is 7.29. The summed E-state index contributed by atoms with van der Waals surface area (Å²) in [6.07, 6.45) is -0.472. The number of halogens is 2. The zero-order valence-corrected chi connectivity index (χ0v) is 14.7. The van der Waals surface area contributed by atoms with Gasteiger partial charge in [0, 0.05) is 37.5 Å². The van der Waals surface area contributed by atoms with Gasteiger partial charge in [-0.1, -0.05) is 22.0 Å². The average Bonchev–Trinajstić information content (AvgIpc) is 2.74. The third-order valence-corrected chi connectivity index (χ3v) is 5.04. The number of rotatable bonds is 4. The minimum absolute atomic E-state index is 0.472. The van der Waals surface area contributed by atoms with E-state index < -0.39 is 6.10 Å². The highest BCUT2D eigenvalue weighted by Gasteiger charge is 2.13. The molecule has 102 valence electrons. The fourth-order valence-electron chi connectivity index (χ4n) is 1.96. The van der Waals surface area contributed by atoms with Crippen LogP contribution in [-0.4, -0.2) is 12.2 Å². The van der Waals surface area contributed by atoms with Gasteiger partial charge in [0.05, 0.1) is 12.6 Å². The van der Waals surface area contributed by atoms with Gasteiger partial charge in [-0.15, -0.1) is 11.3 Å². The van der Waals surface area contributed by atoms with Crippen LogP contribution in [0, 0.1) is 0 Å². The lowest BCUT2D eigenvalue weighted by Crippen LogP contribution is -2.18. The van der Waals surface area contributed by atoms with Crippen LogP contribution >= 0.6 is 43.2 Å². The molecule has 1 aromatic carbocycles. The molecule has 2 nitrogen and oxygen atoms in total. The number of hydrogen-bond donors (Lipinski definition) is 1. The van der Waals surface area contributed by atoms with Crippen molar-refractivity contribution in [3.05, 3.63) is 49.0 Å². The van der Waals surface area contributed by atoms with E-state index in [-0.39, 0.29) is 0 Å². The van der Waals surface area contributed by atoms with Gasteiger partial charge in [0.25, 0.3) is 0 Å². The van der Waals surface area contributed by atoms with E-state index >= 15 is 0 Å². The molecule has 0 aliphatic rings. The number of hydrogen-bond acceptors (Lipinski definition) is 3. The van der Waals surface area contributed by atoms with Crippen molar-refractivity contribution in [1.82, 2.24) is 0 Å². The lowest BCUT2D eigenvalue weighted by Gasteiger charge is -2.23. The first-order valence-corrected chi connectivity index (χ1v) is 8.35. The number of thiophene rings is 1. The first kappa shape index (κ1) is 15.0. The van der Waals surface area contributed by atoms with Crippen LogP contribution in [0.5, 0.6) is 0 Å². The summed E-state index contributed by atoms with van der Waals surface area (Å²) in [5.74, 6) is 0. The predicted octanol–water partition coefficient (Wildman–Crippen LogP) is 4.96. The van der Waals surface area contributed by atoms with Crippen molar-refractivity contribution < 1.29 is 5.11 Å². The maximum Gasteiger partial charge on any atom is 0.0782 e. The van der Waals surface area contributed by atoms with Gasteiger partial charge in [-0.3, -0.25) is 0 Å². The Morgan fingerprint density at radius 2 is 2.00 bits per heavy atom. The number of anilines is 1. The lowest BCUT2D eigenvalue weighted by molar-refractivity contribution is 0.199. The van der Waals surface area contributed by atoms with Gasteiger partial charge in [-0.25, -0.2) is 0 Å². The van der Waals surface area contributed by atoms with Crippen LogP contribution in [-0.2, 0) is 6.54 Å². The van der Waals surface area contributed by atoms with Gasteiger partial charge in [0.15, 0.2) is 0 Å². The van der Waals surface area contributed by atoms with Gasteiger partial charge in [-0.05, 0) is 41.1 Å². The molecule has 0 fully saturated rings. The number of aliphatic hydroxyl groups excluding tert-OH is 1. The molecule has 0 bridgehead atoms. The summed E-state index contributed by atoms with van der Waals surface area (Å²) in [6.45, 7) is 2.62. The Labute approximate surface area is 134 Å². The molecular weight excluding hydrogens is 390 g/mol. The van der Waals surface area contributed by atoms with E-state index in [1.807, 2.05) is 25.2 Å². The van der Waals surface area contributed by atoms with Crippen molar-refractivity contribution in [2.24, 2.45) is 0 Å². The molecule has 1 N–H and O–H groups in total. The second-order valence-electron chi connectivity index (χ2n) is 4.47. The Hall–Kier alpha value is -0.360. The van der Waals surface area contributed by atoms with Crippen LogP contribution in [0.4, 0.5) is 5.69 Å². The third kappa shape index (κ3) is 3.81. The minimum atomic E-state index is -0.472. The third-order valence-electron chi connectivity index (χ3n) is 2.87. The SMILES string of the molecule is CC(O)c1ccc(Br)cc1N(C)Cc1cc(Br)cs1. The Morgan fingerprint density at radius 1 is 1.26 bits per heavy atom. The largest absolute Gasteiger partial charge is 0.389 e. The molecule has 19 heavy (non-hydrogen) atoms. The maximum absolute atomic E-state index is 9.87. The molecule has 0 saturated carbocycles. The molecule has 1 heterocycles. The summed E-state index contributed by atoms with van der Waals surface area (Å²) >= 11 is 8.69. The highest BCUT2D eigenvalue weighted by molar-refractivity contribution is 9.10. The van der Waals surface area contributed by atoms with E-state index in [1.54, 1.807) is 18.3 Å². The van der Waals surface area contributed by atoms with Gasteiger partial charge < -0.3 is 10.0 Å². The van der Waals surface area contributed by atoms with Crippen molar-refractivity contribution in [3.63, 3.8) is 0 Å². The molecule has 0 aliphatic heterocycles. The van der Waals surface area contributed by atoms with E-state index in [4.69, 9.17) is 0 Å². The Morgan fingerprint density at radius 3 is 2.58 bits per heavy atom. The lowest BCUT2D eigenvalue weighted by atomic mass is 10.1. The Balaban J connectivity index is 2.27. The summed E-state index contributed by atoms with van der Waals surface area (Å²) in [5.41, 5.74) is 2.00. The van der Waals surface area contributed by atoms with Crippen molar-refractivity contribution in [2.45, 2.75) is 19.6 Å². The predicted molar refractivity (Wildman–Crippen MR) is 88.9 cm³/mol. The Bertz CT molecular complexity index is 568. The van der Waals surface area contributed by atoms with Crippen LogP contribution in [0.3, 0.4) is 0 Å². The molecule has 2 aromatic rings. The van der Waals surface area contributed by atoms with Crippen molar-refractivity contribution in [3.8, 4) is 0 Å². The fraction of sp³-hybridized carbons (Fsp3) is 0.286. The molecule has 1 atom stereocenters. The summed E-state index contributed by atoms with van der Waals surface area (Å²) < 4.78 is 2.14. The number of nitrogens with zero attached hydrogens (tertiary/aromatic N) is 1. The summed E-state index contributed by atoms with van der Waals surface area (Å²) in [7, 11) is 2.04. The summed E-state index contributed by atoms with van der Waals surface area (Å²) in [6, 6.07) is 8.10. The normalized spacial score (nSPS) is 12.5. The fourth-order valence-corrected chi connectivity index (χ4v) is 3.81. The molecule has 5 heteroatoms. The average molecular weight is 405 g/mol. The van der Waals surface area contributed by atoms with Crippen LogP contribution in [0.1, 0.15) is 23.5 Å². The molecule has 0 amide bonds. The van der Waals surface area contributed by atoms with E-state index in [0.29, 0.717) is 0 Å². The minimum Gasteiger partial charge on any atom is -0.389 e. The quantitative estimate of drug-likeness (QED) is 0.777. The molecule has 0 saturated heterocycles. The second kappa shape index (κ2) is 6.39. The van der Waals surface area contributed by atoms with E-state index in [9.17, 15) is 5.11 Å². The first-order valence-electron chi connectivity index (χ1n) is 5.89. The van der Waals surface area contributed by atoms with Crippen molar-refractivity contribution in [2.75, 3.05) is 11.9 Å². The van der Waals surface area contributed by atoms with Crippen LogP contribution in [0.2, 0.25) is 0 Å². The van der Waals surface area contributed by atoms with Gasteiger partial charge in [0.2, 0.25) is 0 Å². The summed E-state index contributed by atoms with van der Waals surface area (Å²) in [4.78, 5) is 3.44. The first-order chi connectivity index (χ1) is 8.97. The van der Waals surface area contributed by atoms with Crippen molar-refractivity contribution in [1.29, 1.82) is 0 Å². The van der Waals surface area contributed by atoms with E-state index in [1.165, 1.54) is 4.88 Å². The molecule has 2 rings (SSSR count). The van der Waals surface area contributed by atoms with Crippen LogP contribution in [0.25, 0.3) is 0 Å². The van der Waals surface area contributed by atoms with Crippen LogP contribution in [0.15, 0.2) is 38.6 Å². The molecule has 0 radical (unpaired) electrons. The zero-order chi connectivity index (χ0) is 14.0. The van der Waals surface area contributed by atoms with E-state index in [0.717, 1.165) is 26.7 Å².